The minimum Gasteiger partial charge on any atom is -0.479 e. The molecule has 1 aromatic heterocycles. The van der Waals surface area contributed by atoms with Crippen molar-refractivity contribution >= 4 is 5.97 Å². The summed E-state index contributed by atoms with van der Waals surface area (Å²) in [6.45, 7) is 2.51. The molecule has 1 aromatic rings. The summed E-state index contributed by atoms with van der Waals surface area (Å²) in [4.78, 5) is 14.2. The Balaban J connectivity index is 2.18. The number of hydrogen-bond acceptors (Lipinski definition) is 3. The summed E-state index contributed by atoms with van der Waals surface area (Å²) in [5.41, 5.74) is 0. The van der Waals surface area contributed by atoms with Crippen molar-refractivity contribution in [2.24, 2.45) is 0 Å². The molecule has 1 atom stereocenters. The van der Waals surface area contributed by atoms with Crippen molar-refractivity contribution in [2.45, 2.75) is 19.6 Å². The maximum Gasteiger partial charge on any atom is 0.332 e. The van der Waals surface area contributed by atoms with Crippen molar-refractivity contribution < 1.29 is 14.6 Å². The zero-order valence-corrected chi connectivity index (χ0v) is 7.38. The Labute approximate surface area is 76.0 Å². The molecular formula is C8H12N2O3. The Kier molecular flexibility index (Phi) is 3.45. The molecule has 13 heavy (non-hydrogen) atoms. The van der Waals surface area contributed by atoms with Crippen molar-refractivity contribution in [3.63, 3.8) is 0 Å². The van der Waals surface area contributed by atoms with E-state index in [-0.39, 0.29) is 0 Å². The van der Waals surface area contributed by atoms with Gasteiger partial charge in [-0.1, -0.05) is 0 Å². The number of nitrogens with zero attached hydrogens (tertiary/aromatic N) is 2. The second-order valence-electron chi connectivity index (χ2n) is 2.65. The molecule has 5 nitrogen and oxygen atoms in total. The van der Waals surface area contributed by atoms with Crippen LogP contribution in [0.25, 0.3) is 0 Å². The van der Waals surface area contributed by atoms with Gasteiger partial charge in [0.1, 0.15) is 0 Å². The van der Waals surface area contributed by atoms with Crippen LogP contribution in [0.2, 0.25) is 0 Å². The van der Waals surface area contributed by atoms with Crippen LogP contribution in [0, 0.1) is 0 Å². The smallest absolute Gasteiger partial charge is 0.332 e. The highest BCUT2D eigenvalue weighted by Gasteiger charge is 2.09. The molecule has 0 aliphatic rings. The van der Waals surface area contributed by atoms with Crippen LogP contribution < -0.4 is 0 Å². The highest BCUT2D eigenvalue weighted by atomic mass is 16.5. The number of carboxylic acids is 1. The molecule has 1 N–H and O–H groups in total. The Hall–Kier alpha value is -1.36. The molecule has 0 spiro atoms. The molecule has 0 saturated carbocycles. The number of carboxylic acid groups (broad SMARTS) is 1. The van der Waals surface area contributed by atoms with Crippen LogP contribution in [0.5, 0.6) is 0 Å². The Morgan fingerprint density at radius 3 is 3.08 bits per heavy atom. The summed E-state index contributed by atoms with van der Waals surface area (Å²) >= 11 is 0. The number of aromatic nitrogens is 2. The monoisotopic (exact) mass is 184 g/mol. The van der Waals surface area contributed by atoms with E-state index in [2.05, 4.69) is 4.98 Å². The number of rotatable bonds is 5. The highest BCUT2D eigenvalue weighted by Crippen LogP contribution is 1.92. The Morgan fingerprint density at radius 1 is 1.77 bits per heavy atom. The van der Waals surface area contributed by atoms with Crippen molar-refractivity contribution in [3.8, 4) is 0 Å². The first kappa shape index (κ1) is 9.73. The number of aliphatic carboxylic acids is 1. The molecule has 1 rings (SSSR count). The van der Waals surface area contributed by atoms with E-state index in [1.54, 1.807) is 18.7 Å². The summed E-state index contributed by atoms with van der Waals surface area (Å²) < 4.78 is 6.86. The fourth-order valence-corrected chi connectivity index (χ4v) is 0.825. The summed E-state index contributed by atoms with van der Waals surface area (Å²) in [5, 5.41) is 8.50. The van der Waals surface area contributed by atoms with Gasteiger partial charge in [0.25, 0.3) is 0 Å². The van der Waals surface area contributed by atoms with E-state index in [9.17, 15) is 4.79 Å². The zero-order valence-electron chi connectivity index (χ0n) is 7.38. The fourth-order valence-electron chi connectivity index (χ4n) is 0.825. The van der Waals surface area contributed by atoms with Crippen LogP contribution in [0.1, 0.15) is 6.92 Å². The molecule has 0 radical (unpaired) electrons. The van der Waals surface area contributed by atoms with Crippen LogP contribution in [-0.4, -0.2) is 33.3 Å². The first-order chi connectivity index (χ1) is 6.20. The largest absolute Gasteiger partial charge is 0.479 e. The maximum absolute atomic E-state index is 10.3. The topological polar surface area (TPSA) is 64.4 Å². The normalized spacial score (nSPS) is 12.7. The Bertz CT molecular complexity index is 258. The van der Waals surface area contributed by atoms with E-state index >= 15 is 0 Å². The van der Waals surface area contributed by atoms with Gasteiger partial charge in [0, 0.05) is 18.9 Å². The van der Waals surface area contributed by atoms with Crippen molar-refractivity contribution in [1.29, 1.82) is 0 Å². The standard InChI is InChI=1S/C8H12N2O3/c1-7(8(11)12)13-5-4-10-3-2-9-6-10/h2-3,6-7H,4-5H2,1H3,(H,11,12)/t7-/m1/s1. The number of carbonyl (C=O) groups is 1. The predicted octanol–water partition coefficient (Wildman–Crippen LogP) is 0.373. The number of ether oxygens (including phenoxy) is 1. The molecular weight excluding hydrogens is 172 g/mol. The molecule has 0 saturated heterocycles. The lowest BCUT2D eigenvalue weighted by molar-refractivity contribution is -0.149. The summed E-state index contributed by atoms with van der Waals surface area (Å²) in [7, 11) is 0. The van der Waals surface area contributed by atoms with E-state index in [0.717, 1.165) is 0 Å². The minimum absolute atomic E-state index is 0.379. The van der Waals surface area contributed by atoms with E-state index in [4.69, 9.17) is 9.84 Å². The lowest BCUT2D eigenvalue weighted by Gasteiger charge is -2.07. The SMILES string of the molecule is C[C@@H](OCCn1ccnc1)C(=O)O. The van der Waals surface area contributed by atoms with Gasteiger partial charge in [-0.15, -0.1) is 0 Å². The number of imidazole rings is 1. The van der Waals surface area contributed by atoms with Crippen LogP contribution in [-0.2, 0) is 16.1 Å². The van der Waals surface area contributed by atoms with Gasteiger partial charge >= 0.3 is 5.97 Å². The predicted molar refractivity (Wildman–Crippen MR) is 45.3 cm³/mol. The van der Waals surface area contributed by atoms with Gasteiger partial charge in [0.15, 0.2) is 6.10 Å². The zero-order chi connectivity index (χ0) is 9.68. The van der Waals surface area contributed by atoms with E-state index < -0.39 is 12.1 Å². The van der Waals surface area contributed by atoms with Gasteiger partial charge in [0.05, 0.1) is 12.9 Å². The molecule has 0 aromatic carbocycles. The average molecular weight is 184 g/mol. The van der Waals surface area contributed by atoms with Crippen LogP contribution >= 0.6 is 0 Å². The third kappa shape index (κ3) is 3.25. The first-order valence-corrected chi connectivity index (χ1v) is 4.00. The first-order valence-electron chi connectivity index (χ1n) is 4.00. The molecule has 72 valence electrons. The third-order valence-corrected chi connectivity index (χ3v) is 1.62. The third-order valence-electron chi connectivity index (χ3n) is 1.62. The van der Waals surface area contributed by atoms with Gasteiger partial charge in [-0.25, -0.2) is 9.78 Å². The van der Waals surface area contributed by atoms with Gasteiger partial charge in [0.2, 0.25) is 0 Å². The van der Waals surface area contributed by atoms with Gasteiger partial charge < -0.3 is 14.4 Å². The minimum atomic E-state index is -0.939. The van der Waals surface area contributed by atoms with Crippen LogP contribution in [0.4, 0.5) is 0 Å². The maximum atomic E-state index is 10.3. The molecule has 0 aliphatic carbocycles. The molecule has 0 unspecified atom stereocenters. The van der Waals surface area contributed by atoms with E-state index in [1.165, 1.54) is 6.92 Å². The van der Waals surface area contributed by atoms with Crippen LogP contribution in [0.3, 0.4) is 0 Å². The van der Waals surface area contributed by atoms with Gasteiger partial charge in [-0.3, -0.25) is 0 Å². The van der Waals surface area contributed by atoms with E-state index in [0.29, 0.717) is 13.2 Å². The molecule has 1 heterocycles. The quantitative estimate of drug-likeness (QED) is 0.718. The molecule has 0 fully saturated rings. The average Bonchev–Trinajstić information content (AvgIpc) is 2.56. The highest BCUT2D eigenvalue weighted by molar-refractivity contribution is 5.71. The van der Waals surface area contributed by atoms with Gasteiger partial charge in [-0.05, 0) is 6.92 Å². The Morgan fingerprint density at radius 2 is 2.54 bits per heavy atom. The summed E-state index contributed by atoms with van der Waals surface area (Å²) in [6.07, 6.45) is 4.38. The lowest BCUT2D eigenvalue weighted by Crippen LogP contribution is -2.21. The lowest BCUT2D eigenvalue weighted by atomic mass is 10.4. The van der Waals surface area contributed by atoms with Gasteiger partial charge in [-0.2, -0.15) is 0 Å². The molecule has 0 bridgehead atoms. The molecule has 0 amide bonds. The summed E-state index contributed by atoms with van der Waals surface area (Å²) in [6, 6.07) is 0. The number of hydrogen-bond donors (Lipinski definition) is 1. The summed E-state index contributed by atoms with van der Waals surface area (Å²) in [5.74, 6) is -0.939. The molecule has 5 heteroatoms. The second-order valence-corrected chi connectivity index (χ2v) is 2.65. The van der Waals surface area contributed by atoms with Crippen molar-refractivity contribution in [3.05, 3.63) is 18.7 Å². The fraction of sp³-hybridized carbons (Fsp3) is 0.500. The van der Waals surface area contributed by atoms with Crippen molar-refractivity contribution in [2.75, 3.05) is 6.61 Å². The second kappa shape index (κ2) is 4.61. The van der Waals surface area contributed by atoms with E-state index in [1.807, 2.05) is 4.57 Å². The van der Waals surface area contributed by atoms with Crippen LogP contribution in [0.15, 0.2) is 18.7 Å². The molecule has 0 aliphatic heterocycles. The van der Waals surface area contributed by atoms with Crippen molar-refractivity contribution in [1.82, 2.24) is 9.55 Å².